The summed E-state index contributed by atoms with van der Waals surface area (Å²) in [5.74, 6) is 0. The number of hydrogen-bond donors (Lipinski definition) is 0. The number of hydrogen-bond acceptors (Lipinski definition) is 1. The van der Waals surface area contributed by atoms with Gasteiger partial charge in [-0.05, 0) is 74.8 Å². The molecule has 21 heavy (non-hydrogen) atoms. The minimum atomic E-state index is -1.49. The first kappa shape index (κ1) is 19.5. The third-order valence-corrected chi connectivity index (χ3v) is 11.4. The van der Waals surface area contributed by atoms with Crippen molar-refractivity contribution in [1.82, 2.24) is 4.67 Å². The van der Waals surface area contributed by atoms with Crippen molar-refractivity contribution in [3.05, 3.63) is 4.75 Å². The predicted molar refractivity (Wildman–Crippen MR) is 103 cm³/mol. The van der Waals surface area contributed by atoms with Crippen LogP contribution in [0.25, 0.3) is 4.75 Å². The molecule has 0 aliphatic carbocycles. The van der Waals surface area contributed by atoms with Crippen LogP contribution in [0.4, 0.5) is 0 Å². The van der Waals surface area contributed by atoms with Gasteiger partial charge in [0.1, 0.15) is 0 Å². The second kappa shape index (κ2) is 6.16. The van der Waals surface area contributed by atoms with Gasteiger partial charge in [0.15, 0.2) is 0 Å². The second-order valence-electron chi connectivity index (χ2n) is 9.60. The summed E-state index contributed by atoms with van der Waals surface area (Å²) in [6.07, 6.45) is 3.84. The van der Waals surface area contributed by atoms with E-state index < -0.39 is 24.5 Å². The van der Waals surface area contributed by atoms with Crippen molar-refractivity contribution in [3.63, 3.8) is 0 Å². The Morgan fingerprint density at radius 1 is 0.905 bits per heavy atom. The van der Waals surface area contributed by atoms with Gasteiger partial charge in [-0.1, -0.05) is 19.6 Å². The zero-order valence-corrected chi connectivity index (χ0v) is 18.8. The summed E-state index contributed by atoms with van der Waals surface area (Å²) in [4.78, 5) is 0. The molecule has 6 heteroatoms. The summed E-state index contributed by atoms with van der Waals surface area (Å²) in [6, 6.07) is 0. The highest BCUT2D eigenvalue weighted by Gasteiger charge is 2.49. The Morgan fingerprint density at radius 2 is 1.33 bits per heavy atom. The highest BCUT2D eigenvalue weighted by molar-refractivity contribution is 7.53. The monoisotopic (exact) mass is 345 g/mol. The van der Waals surface area contributed by atoms with Crippen molar-refractivity contribution in [2.75, 3.05) is 0 Å². The molecular weight excluding hydrogens is 309 g/mol. The van der Waals surface area contributed by atoms with Gasteiger partial charge >= 0.3 is 0 Å². The average molecular weight is 346 g/mol. The van der Waals surface area contributed by atoms with Gasteiger partial charge in [-0.15, -0.1) is 4.67 Å². The molecule has 0 aromatic heterocycles. The molecule has 3 nitrogen and oxygen atoms in total. The van der Waals surface area contributed by atoms with Crippen LogP contribution in [0.5, 0.6) is 0 Å². The Labute approximate surface area is 136 Å². The van der Waals surface area contributed by atoms with Crippen molar-refractivity contribution >= 4 is 24.5 Å². The molecule has 0 aromatic rings. The maximum Gasteiger partial charge on any atom is 0.230 e. The van der Waals surface area contributed by atoms with Crippen molar-refractivity contribution in [2.45, 2.75) is 97.3 Å². The third kappa shape index (κ3) is 5.87. The van der Waals surface area contributed by atoms with Crippen LogP contribution in [0.2, 0.25) is 39.3 Å². The Kier molecular flexibility index (Phi) is 5.72. The van der Waals surface area contributed by atoms with Crippen LogP contribution >= 0.6 is 8.01 Å². The van der Waals surface area contributed by atoms with E-state index >= 15 is 0 Å². The maximum atomic E-state index is 5.31. The molecule has 124 valence electrons. The van der Waals surface area contributed by atoms with E-state index in [1.807, 2.05) is 0 Å². The minimum absolute atomic E-state index is 0.208. The van der Waals surface area contributed by atoms with Crippen LogP contribution in [0, 0.1) is 0 Å². The largest absolute Gasteiger partial charge is 0.405 e. The van der Waals surface area contributed by atoms with E-state index in [0.29, 0.717) is 0 Å². The smallest absolute Gasteiger partial charge is 0.230 e. The molecule has 0 radical (unpaired) electrons. The average Bonchev–Trinajstić information content (AvgIpc) is 2.07. The first-order chi connectivity index (χ1) is 9.14. The SMILES string of the molecule is CC1(C)CCCC(C)(C)N1/[P+](=N\[Si](C)(C)C)[N-][Si](C)(C)C. The molecule has 0 aromatic carbocycles. The molecule has 1 atom stereocenters. The molecule has 1 heterocycles. The van der Waals surface area contributed by atoms with E-state index in [0.717, 1.165) is 0 Å². The number of piperidine rings is 1. The van der Waals surface area contributed by atoms with Crippen molar-refractivity contribution in [1.29, 1.82) is 0 Å². The topological polar surface area (TPSA) is 29.7 Å². The van der Waals surface area contributed by atoms with Gasteiger partial charge in [0.05, 0.1) is 11.1 Å². The van der Waals surface area contributed by atoms with Gasteiger partial charge in [-0.25, -0.2) is 0 Å². The van der Waals surface area contributed by atoms with Crippen LogP contribution in [0.1, 0.15) is 47.0 Å². The normalized spacial score (nSPS) is 24.2. The first-order valence-corrected chi connectivity index (χ1v) is 16.3. The van der Waals surface area contributed by atoms with E-state index in [1.165, 1.54) is 19.3 Å². The van der Waals surface area contributed by atoms with Gasteiger partial charge in [0.2, 0.25) is 16.3 Å². The fourth-order valence-corrected chi connectivity index (χ4v) is 9.88. The van der Waals surface area contributed by atoms with Gasteiger partial charge in [0.25, 0.3) is 0 Å². The summed E-state index contributed by atoms with van der Waals surface area (Å²) in [5.41, 5.74) is 0.416. The predicted octanol–water partition coefficient (Wildman–Crippen LogP) is 6.57. The Morgan fingerprint density at radius 3 is 1.67 bits per heavy atom. The van der Waals surface area contributed by atoms with Crippen LogP contribution in [-0.4, -0.2) is 32.2 Å². The number of nitrogens with zero attached hydrogens (tertiary/aromatic N) is 3. The van der Waals surface area contributed by atoms with Crippen LogP contribution in [0.15, 0.2) is 4.41 Å². The molecular formula is C15H36N3PSi2. The molecule has 0 N–H and O–H groups in total. The zero-order chi connectivity index (χ0) is 16.7. The van der Waals surface area contributed by atoms with Gasteiger partial charge < -0.3 is 4.75 Å². The van der Waals surface area contributed by atoms with Gasteiger partial charge in [-0.3, -0.25) is 0 Å². The quantitative estimate of drug-likeness (QED) is 0.418. The molecule has 1 saturated heterocycles. The lowest BCUT2D eigenvalue weighted by molar-refractivity contribution is 0.0627. The lowest BCUT2D eigenvalue weighted by Gasteiger charge is -2.50. The van der Waals surface area contributed by atoms with E-state index in [1.54, 1.807) is 0 Å². The second-order valence-corrected chi connectivity index (χ2v) is 20.8. The standard InChI is InChI=1S/C15H36N3PSi2/c1-14(2)12-11-13-15(3,4)18(14)19(16-20(5,6)7)17-21(8,9)10/h11-13H2,1-10H3. The third-order valence-electron chi connectivity index (χ3n) is 3.68. The zero-order valence-electron chi connectivity index (χ0n) is 15.9. The van der Waals surface area contributed by atoms with E-state index in [9.17, 15) is 0 Å². The summed E-state index contributed by atoms with van der Waals surface area (Å²) in [7, 11) is -3.70. The number of rotatable bonds is 4. The van der Waals surface area contributed by atoms with E-state index in [-0.39, 0.29) is 11.1 Å². The van der Waals surface area contributed by atoms with Gasteiger partial charge in [-0.2, -0.15) is 4.41 Å². The van der Waals surface area contributed by atoms with E-state index in [4.69, 9.17) is 9.16 Å². The Balaban J connectivity index is 3.31. The highest BCUT2D eigenvalue weighted by atomic mass is 31.1. The first-order valence-electron chi connectivity index (χ1n) is 8.20. The molecule has 1 aliphatic rings. The highest BCUT2D eigenvalue weighted by Crippen LogP contribution is 2.55. The molecule has 1 unspecified atom stereocenters. The van der Waals surface area contributed by atoms with Crippen molar-refractivity contribution in [2.24, 2.45) is 4.41 Å². The fraction of sp³-hybridized carbons (Fsp3) is 1.00. The fourth-order valence-electron chi connectivity index (χ4n) is 3.12. The summed E-state index contributed by atoms with van der Waals surface area (Å²) < 4.78 is 13.3. The molecule has 0 amide bonds. The summed E-state index contributed by atoms with van der Waals surface area (Å²) in [6.45, 7) is 23.6. The lowest BCUT2D eigenvalue weighted by atomic mass is 9.83. The van der Waals surface area contributed by atoms with Crippen molar-refractivity contribution in [3.8, 4) is 0 Å². The summed E-state index contributed by atoms with van der Waals surface area (Å²) in [5, 5.41) is 0. The molecule has 0 saturated carbocycles. The molecule has 0 spiro atoms. The summed E-state index contributed by atoms with van der Waals surface area (Å²) >= 11 is 0. The van der Waals surface area contributed by atoms with Crippen LogP contribution < -0.4 is 0 Å². The molecule has 1 aliphatic heterocycles. The molecule has 0 bridgehead atoms. The Hall–Kier alpha value is 0.454. The minimum Gasteiger partial charge on any atom is -0.405 e. The van der Waals surface area contributed by atoms with Crippen molar-refractivity contribution < 1.29 is 0 Å². The van der Waals surface area contributed by atoms with Gasteiger partial charge in [0, 0.05) is 0 Å². The lowest BCUT2D eigenvalue weighted by Crippen LogP contribution is -2.54. The molecule has 1 rings (SSSR count). The Bertz CT molecular complexity index is 390. The van der Waals surface area contributed by atoms with Crippen LogP contribution in [-0.2, 0) is 0 Å². The maximum absolute atomic E-state index is 5.31. The van der Waals surface area contributed by atoms with Crippen LogP contribution in [0.3, 0.4) is 0 Å². The van der Waals surface area contributed by atoms with E-state index in [2.05, 4.69) is 71.6 Å². The molecule has 1 fully saturated rings.